The van der Waals surface area contributed by atoms with E-state index in [2.05, 4.69) is 10.3 Å². The van der Waals surface area contributed by atoms with E-state index in [1.165, 1.54) is 0 Å². The zero-order valence-corrected chi connectivity index (χ0v) is 11.1. The van der Waals surface area contributed by atoms with Crippen LogP contribution < -0.4 is 5.32 Å². The number of ether oxygens (including phenoxy) is 1. The molecule has 0 saturated heterocycles. The van der Waals surface area contributed by atoms with Crippen molar-refractivity contribution in [3.05, 3.63) is 17.3 Å². The van der Waals surface area contributed by atoms with Crippen LogP contribution in [0.4, 0.5) is 10.7 Å². The van der Waals surface area contributed by atoms with Crippen LogP contribution in [0.2, 0.25) is 0 Å². The molecule has 0 aliphatic carbocycles. The smallest absolute Gasteiger partial charge is 0.414 e. The number of nitrogens with one attached hydrogen (secondary N) is 1. The highest BCUT2D eigenvalue weighted by Gasteiger charge is 2.18. The maximum atomic E-state index is 11.6. The molecule has 0 aromatic carbocycles. The number of nitrogens with zero attached hydrogens (tertiary/aromatic N) is 2. The van der Waals surface area contributed by atoms with E-state index in [-0.39, 0.29) is 0 Å². The molecule has 1 amide bonds. The van der Waals surface area contributed by atoms with E-state index in [1.54, 1.807) is 17.5 Å². The van der Waals surface area contributed by atoms with E-state index >= 15 is 0 Å². The number of amides is 1. The predicted molar refractivity (Wildman–Crippen MR) is 67.7 cm³/mol. The summed E-state index contributed by atoms with van der Waals surface area (Å²) in [6, 6.07) is 0. The maximum absolute atomic E-state index is 11.6. The largest absolute Gasteiger partial charge is 0.444 e. The Kier molecular flexibility index (Phi) is 2.82. The minimum atomic E-state index is -0.509. The molecule has 1 N–H and O–H groups in total. The van der Waals surface area contributed by atoms with Crippen molar-refractivity contribution >= 4 is 28.2 Å². The lowest BCUT2D eigenvalue weighted by atomic mass is 10.2. The summed E-state index contributed by atoms with van der Waals surface area (Å²) < 4.78 is 7.00. The van der Waals surface area contributed by atoms with Crippen LogP contribution in [0.3, 0.4) is 0 Å². The van der Waals surface area contributed by atoms with Gasteiger partial charge in [0.05, 0.1) is 6.20 Å². The second-order valence-corrected chi connectivity index (χ2v) is 6.03. The van der Waals surface area contributed by atoms with Gasteiger partial charge in [0.25, 0.3) is 0 Å². The molecular weight excluding hydrogens is 238 g/mol. The third-order valence-electron chi connectivity index (χ3n) is 1.95. The van der Waals surface area contributed by atoms with Crippen LogP contribution in [0.1, 0.15) is 25.6 Å². The molecule has 0 unspecified atom stereocenters. The fourth-order valence-electron chi connectivity index (χ4n) is 1.41. The zero-order valence-electron chi connectivity index (χ0n) is 10.3. The van der Waals surface area contributed by atoms with Gasteiger partial charge in [-0.2, -0.15) is 0 Å². The summed E-state index contributed by atoms with van der Waals surface area (Å²) in [6.45, 7) is 7.47. The number of hydrogen-bond acceptors (Lipinski definition) is 4. The van der Waals surface area contributed by atoms with Crippen LogP contribution in [0.5, 0.6) is 0 Å². The molecule has 2 aromatic heterocycles. The van der Waals surface area contributed by atoms with Gasteiger partial charge >= 0.3 is 6.09 Å². The molecule has 0 saturated carbocycles. The van der Waals surface area contributed by atoms with Crippen molar-refractivity contribution in [2.24, 2.45) is 0 Å². The minimum absolute atomic E-state index is 0.485. The number of anilines is 1. The van der Waals surface area contributed by atoms with Gasteiger partial charge in [-0.25, -0.2) is 9.78 Å². The third-order valence-corrected chi connectivity index (χ3v) is 2.89. The number of carbonyl (C=O) groups is 1. The zero-order chi connectivity index (χ0) is 12.6. The molecule has 0 bridgehead atoms. The highest BCUT2D eigenvalue weighted by Crippen LogP contribution is 2.21. The molecule has 0 aliphatic heterocycles. The first-order chi connectivity index (χ1) is 7.85. The summed E-state index contributed by atoms with van der Waals surface area (Å²) in [5.41, 5.74) is -0.509. The van der Waals surface area contributed by atoms with Crippen molar-refractivity contribution in [2.75, 3.05) is 5.32 Å². The van der Waals surface area contributed by atoms with Crippen molar-refractivity contribution in [3.63, 3.8) is 0 Å². The van der Waals surface area contributed by atoms with Gasteiger partial charge in [0.15, 0.2) is 0 Å². The van der Waals surface area contributed by atoms with Crippen molar-refractivity contribution in [1.29, 1.82) is 0 Å². The average Bonchev–Trinajstić information content (AvgIpc) is 2.63. The van der Waals surface area contributed by atoms with E-state index in [0.29, 0.717) is 5.95 Å². The monoisotopic (exact) mass is 253 g/mol. The van der Waals surface area contributed by atoms with Crippen LogP contribution in [0, 0.1) is 6.92 Å². The van der Waals surface area contributed by atoms with Gasteiger partial charge in [-0.15, -0.1) is 11.3 Å². The maximum Gasteiger partial charge on any atom is 0.414 e. The molecule has 0 aliphatic rings. The first-order valence-electron chi connectivity index (χ1n) is 5.29. The topological polar surface area (TPSA) is 55.6 Å². The standard InChI is InChI=1S/C11H15N3O2S/c1-7-6-14-8(17-7)5-12-9(14)13-10(15)16-11(2,3)4/h5-6H,1-4H3,(H,12,13,15). The van der Waals surface area contributed by atoms with Crippen LogP contribution >= 0.6 is 11.3 Å². The number of aryl methyl sites for hydroxylation is 1. The molecule has 2 aromatic rings. The summed E-state index contributed by atoms with van der Waals surface area (Å²) in [5, 5.41) is 2.63. The Morgan fingerprint density at radius 3 is 2.88 bits per heavy atom. The number of rotatable bonds is 1. The number of carbonyl (C=O) groups excluding carboxylic acids is 1. The third kappa shape index (κ3) is 2.76. The molecule has 2 rings (SSSR count). The quantitative estimate of drug-likeness (QED) is 0.849. The fourth-order valence-corrected chi connectivity index (χ4v) is 2.24. The van der Waals surface area contributed by atoms with E-state index in [0.717, 1.165) is 9.71 Å². The van der Waals surface area contributed by atoms with Crippen LogP contribution in [-0.2, 0) is 4.74 Å². The Balaban J connectivity index is 2.15. The fraction of sp³-hybridized carbons (Fsp3) is 0.455. The van der Waals surface area contributed by atoms with Crippen molar-refractivity contribution in [1.82, 2.24) is 9.38 Å². The Hall–Kier alpha value is -1.56. The molecule has 0 atom stereocenters. The Morgan fingerprint density at radius 2 is 2.24 bits per heavy atom. The SMILES string of the molecule is Cc1cn2c(NC(=O)OC(C)(C)C)ncc2s1. The molecule has 92 valence electrons. The van der Waals surface area contributed by atoms with E-state index < -0.39 is 11.7 Å². The summed E-state index contributed by atoms with van der Waals surface area (Å²) in [6.07, 6.45) is 3.17. The molecule has 17 heavy (non-hydrogen) atoms. The normalized spacial score (nSPS) is 11.8. The van der Waals surface area contributed by atoms with E-state index in [9.17, 15) is 4.79 Å². The minimum Gasteiger partial charge on any atom is -0.444 e. The predicted octanol–water partition coefficient (Wildman–Crippen LogP) is 3.05. The second kappa shape index (κ2) is 4.03. The lowest BCUT2D eigenvalue weighted by Gasteiger charge is -2.19. The van der Waals surface area contributed by atoms with Crippen LogP contribution in [0.25, 0.3) is 4.83 Å². The Labute approximate surface area is 103 Å². The van der Waals surface area contributed by atoms with Gasteiger partial charge in [0.2, 0.25) is 5.95 Å². The molecule has 0 fully saturated rings. The first-order valence-corrected chi connectivity index (χ1v) is 6.10. The molecular formula is C11H15N3O2S. The molecule has 6 heteroatoms. The molecule has 5 nitrogen and oxygen atoms in total. The number of aromatic nitrogens is 2. The highest BCUT2D eigenvalue weighted by atomic mass is 32.1. The summed E-state index contributed by atoms with van der Waals surface area (Å²) >= 11 is 1.62. The van der Waals surface area contributed by atoms with Gasteiger partial charge < -0.3 is 4.74 Å². The summed E-state index contributed by atoms with van der Waals surface area (Å²) in [7, 11) is 0. The number of hydrogen-bond donors (Lipinski definition) is 1. The Bertz CT molecular complexity index is 551. The lowest BCUT2D eigenvalue weighted by Crippen LogP contribution is -2.27. The summed E-state index contributed by atoms with van der Waals surface area (Å²) in [5.74, 6) is 0.485. The van der Waals surface area contributed by atoms with Crippen molar-refractivity contribution in [2.45, 2.75) is 33.3 Å². The first kappa shape index (κ1) is 11.9. The molecule has 0 spiro atoms. The lowest BCUT2D eigenvalue weighted by molar-refractivity contribution is 0.0634. The van der Waals surface area contributed by atoms with Gasteiger partial charge in [0, 0.05) is 11.1 Å². The number of fused-ring (bicyclic) bond motifs is 1. The van der Waals surface area contributed by atoms with Crippen molar-refractivity contribution < 1.29 is 9.53 Å². The molecule has 0 radical (unpaired) electrons. The van der Waals surface area contributed by atoms with E-state index in [1.807, 2.05) is 38.3 Å². The number of imidazole rings is 1. The summed E-state index contributed by atoms with van der Waals surface area (Å²) in [4.78, 5) is 17.9. The molecule has 2 heterocycles. The number of thiazole rings is 1. The van der Waals surface area contributed by atoms with Crippen molar-refractivity contribution in [3.8, 4) is 0 Å². The van der Waals surface area contributed by atoms with Gasteiger partial charge in [0.1, 0.15) is 10.4 Å². The second-order valence-electron chi connectivity index (χ2n) is 4.76. The van der Waals surface area contributed by atoms with E-state index in [4.69, 9.17) is 4.74 Å². The van der Waals surface area contributed by atoms with Gasteiger partial charge in [-0.3, -0.25) is 9.72 Å². The average molecular weight is 253 g/mol. The van der Waals surface area contributed by atoms with Crippen LogP contribution in [0.15, 0.2) is 12.4 Å². The van der Waals surface area contributed by atoms with Gasteiger partial charge in [-0.05, 0) is 27.7 Å². The van der Waals surface area contributed by atoms with Gasteiger partial charge in [-0.1, -0.05) is 0 Å². The Morgan fingerprint density at radius 1 is 1.53 bits per heavy atom. The highest BCUT2D eigenvalue weighted by molar-refractivity contribution is 7.17. The van der Waals surface area contributed by atoms with Crippen LogP contribution in [-0.4, -0.2) is 21.1 Å².